The number of ether oxygens (including phenoxy) is 3. The molecule has 6 heteroatoms. The van der Waals surface area contributed by atoms with E-state index in [2.05, 4.69) is 20.8 Å². The van der Waals surface area contributed by atoms with Crippen molar-refractivity contribution in [1.29, 1.82) is 0 Å². The Morgan fingerprint density at radius 3 is 2.32 bits per heavy atom. The largest absolute Gasteiger partial charge is 0.507 e. The van der Waals surface area contributed by atoms with Crippen LogP contribution in [0.2, 0.25) is 0 Å². The number of benzene rings is 1. The first-order valence-corrected chi connectivity index (χ1v) is 11.1. The highest BCUT2D eigenvalue weighted by molar-refractivity contribution is 8.00. The van der Waals surface area contributed by atoms with E-state index >= 15 is 0 Å². The van der Waals surface area contributed by atoms with E-state index in [9.17, 15) is 9.90 Å². The van der Waals surface area contributed by atoms with Gasteiger partial charge in [-0.05, 0) is 43.5 Å². The van der Waals surface area contributed by atoms with Crippen molar-refractivity contribution >= 4 is 17.7 Å². The quantitative estimate of drug-likeness (QED) is 0.725. The maximum Gasteiger partial charge on any atom is 0.338 e. The standard InChI is InChI=1S/C22H32O5S/c1-6-18-9-19(27-22(26-18)10-15(4)28-16(5)11-22)12-25-21(24)17-7-13(2)20(23)14(3)8-17/h7-8,15-16,18-19,23H,6,9-12H2,1-5H3. The SMILES string of the molecule is CCC1CC(COC(=O)c2cc(C)c(O)c(C)c2)OC2(CC(C)SC(C)C2)O1. The fourth-order valence-corrected chi connectivity index (χ4v) is 5.84. The Bertz CT molecular complexity index is 686. The molecule has 1 aromatic rings. The Labute approximate surface area is 172 Å². The smallest absolute Gasteiger partial charge is 0.338 e. The van der Waals surface area contributed by atoms with Gasteiger partial charge in [-0.3, -0.25) is 0 Å². The van der Waals surface area contributed by atoms with Crippen LogP contribution < -0.4 is 0 Å². The molecule has 156 valence electrons. The van der Waals surface area contributed by atoms with E-state index in [0.717, 1.165) is 25.7 Å². The summed E-state index contributed by atoms with van der Waals surface area (Å²) in [7, 11) is 0. The minimum Gasteiger partial charge on any atom is -0.507 e. The predicted molar refractivity (Wildman–Crippen MR) is 111 cm³/mol. The van der Waals surface area contributed by atoms with Crippen molar-refractivity contribution in [1.82, 2.24) is 0 Å². The fraction of sp³-hybridized carbons (Fsp3) is 0.682. The summed E-state index contributed by atoms with van der Waals surface area (Å²) in [6.45, 7) is 10.3. The summed E-state index contributed by atoms with van der Waals surface area (Å²) in [5.74, 6) is -0.731. The maximum atomic E-state index is 12.5. The highest BCUT2D eigenvalue weighted by Crippen LogP contribution is 2.44. The fourth-order valence-electron chi connectivity index (χ4n) is 4.35. The van der Waals surface area contributed by atoms with Crippen LogP contribution in [0.5, 0.6) is 5.75 Å². The summed E-state index contributed by atoms with van der Waals surface area (Å²) < 4.78 is 18.3. The molecule has 1 spiro atoms. The van der Waals surface area contributed by atoms with Crippen molar-refractivity contribution in [3.05, 3.63) is 28.8 Å². The molecule has 3 rings (SSSR count). The second-order valence-electron chi connectivity index (χ2n) is 8.26. The highest BCUT2D eigenvalue weighted by Gasteiger charge is 2.47. The first-order chi connectivity index (χ1) is 13.2. The Morgan fingerprint density at radius 1 is 1.18 bits per heavy atom. The minimum absolute atomic E-state index is 0.123. The summed E-state index contributed by atoms with van der Waals surface area (Å²) in [5.41, 5.74) is 1.79. The summed E-state index contributed by atoms with van der Waals surface area (Å²) in [4.78, 5) is 12.5. The van der Waals surface area contributed by atoms with Gasteiger partial charge in [-0.25, -0.2) is 4.79 Å². The summed E-state index contributed by atoms with van der Waals surface area (Å²) in [6.07, 6.45) is 3.33. The molecule has 5 nitrogen and oxygen atoms in total. The van der Waals surface area contributed by atoms with E-state index in [-0.39, 0.29) is 30.5 Å². The van der Waals surface area contributed by atoms with E-state index in [0.29, 0.717) is 27.2 Å². The lowest BCUT2D eigenvalue weighted by molar-refractivity contribution is -0.327. The number of aromatic hydroxyl groups is 1. The van der Waals surface area contributed by atoms with Gasteiger partial charge >= 0.3 is 5.97 Å². The summed E-state index contributed by atoms with van der Waals surface area (Å²) in [6, 6.07) is 3.32. The van der Waals surface area contributed by atoms with Gasteiger partial charge < -0.3 is 19.3 Å². The summed E-state index contributed by atoms with van der Waals surface area (Å²) in [5, 5.41) is 10.9. The number of esters is 1. The molecule has 2 aliphatic rings. The van der Waals surface area contributed by atoms with Crippen molar-refractivity contribution in [2.24, 2.45) is 0 Å². The first-order valence-electron chi connectivity index (χ1n) is 10.2. The Kier molecular flexibility index (Phi) is 6.62. The third-order valence-corrected chi connectivity index (χ3v) is 6.80. The second kappa shape index (κ2) is 8.64. The molecule has 2 aliphatic heterocycles. The number of hydrogen-bond acceptors (Lipinski definition) is 6. The minimum atomic E-state index is -0.564. The van der Waals surface area contributed by atoms with Gasteiger partial charge in [0.15, 0.2) is 5.79 Å². The lowest BCUT2D eigenvalue weighted by Gasteiger charge is -2.49. The normalized spacial score (nSPS) is 33.0. The van der Waals surface area contributed by atoms with Gasteiger partial charge in [-0.2, -0.15) is 11.8 Å². The average molecular weight is 409 g/mol. The molecular weight excluding hydrogens is 376 g/mol. The highest BCUT2D eigenvalue weighted by atomic mass is 32.2. The van der Waals surface area contributed by atoms with Crippen molar-refractivity contribution < 1.29 is 24.1 Å². The molecule has 28 heavy (non-hydrogen) atoms. The van der Waals surface area contributed by atoms with E-state index in [4.69, 9.17) is 14.2 Å². The average Bonchev–Trinajstić information content (AvgIpc) is 2.62. The number of hydrogen-bond donors (Lipinski definition) is 1. The lowest BCUT2D eigenvalue weighted by Crippen LogP contribution is -2.53. The topological polar surface area (TPSA) is 65.0 Å². The molecule has 0 aliphatic carbocycles. The van der Waals surface area contributed by atoms with Gasteiger partial charge in [0.1, 0.15) is 12.4 Å². The molecule has 2 saturated heterocycles. The van der Waals surface area contributed by atoms with Crippen molar-refractivity contribution in [3.63, 3.8) is 0 Å². The van der Waals surface area contributed by atoms with Crippen molar-refractivity contribution in [3.8, 4) is 5.75 Å². The van der Waals surface area contributed by atoms with Gasteiger partial charge in [-0.15, -0.1) is 0 Å². The van der Waals surface area contributed by atoms with Crippen molar-refractivity contribution in [2.75, 3.05) is 6.61 Å². The van der Waals surface area contributed by atoms with Crippen molar-refractivity contribution in [2.45, 2.75) is 88.8 Å². The second-order valence-corrected chi connectivity index (χ2v) is 10.1. The van der Waals surface area contributed by atoms with Crippen LogP contribution in [0.25, 0.3) is 0 Å². The molecule has 0 aromatic heterocycles. The molecular formula is C22H32O5S. The third-order valence-electron chi connectivity index (χ3n) is 5.53. The van der Waals surface area contributed by atoms with Crippen LogP contribution in [0, 0.1) is 13.8 Å². The molecule has 4 atom stereocenters. The van der Waals surface area contributed by atoms with Crippen LogP contribution in [0.15, 0.2) is 12.1 Å². The molecule has 4 unspecified atom stereocenters. The predicted octanol–water partition coefficient (Wildman–Crippen LogP) is 4.75. The molecule has 2 heterocycles. The van der Waals surface area contributed by atoms with Gasteiger partial charge in [0.2, 0.25) is 0 Å². The lowest BCUT2D eigenvalue weighted by atomic mass is 9.98. The number of carbonyl (C=O) groups is 1. The zero-order valence-electron chi connectivity index (χ0n) is 17.5. The van der Waals surface area contributed by atoms with E-state index < -0.39 is 5.79 Å². The monoisotopic (exact) mass is 408 g/mol. The van der Waals surface area contributed by atoms with E-state index in [1.165, 1.54) is 0 Å². The third kappa shape index (κ3) is 4.84. The molecule has 1 aromatic carbocycles. The number of thioether (sulfide) groups is 1. The molecule has 0 saturated carbocycles. The molecule has 0 radical (unpaired) electrons. The van der Waals surface area contributed by atoms with Crippen LogP contribution in [0.1, 0.15) is 67.9 Å². The number of phenols is 1. The van der Waals surface area contributed by atoms with E-state index in [1.54, 1.807) is 26.0 Å². The maximum absolute atomic E-state index is 12.5. The Balaban J connectivity index is 1.67. The zero-order chi connectivity index (χ0) is 20.5. The van der Waals surface area contributed by atoms with Crippen LogP contribution >= 0.6 is 11.8 Å². The summed E-state index contributed by atoms with van der Waals surface area (Å²) >= 11 is 1.97. The van der Waals surface area contributed by atoms with Gasteiger partial charge in [0.05, 0.1) is 17.8 Å². The Morgan fingerprint density at radius 2 is 1.75 bits per heavy atom. The van der Waals surface area contributed by atoms with Gasteiger partial charge in [0.25, 0.3) is 0 Å². The first kappa shape index (κ1) is 21.5. The number of aryl methyl sites for hydroxylation is 2. The van der Waals surface area contributed by atoms with Crippen LogP contribution in [-0.4, -0.2) is 46.2 Å². The van der Waals surface area contributed by atoms with Crippen LogP contribution in [0.4, 0.5) is 0 Å². The van der Waals surface area contributed by atoms with E-state index in [1.807, 2.05) is 11.8 Å². The van der Waals surface area contributed by atoms with Crippen LogP contribution in [-0.2, 0) is 14.2 Å². The molecule has 0 amide bonds. The van der Waals surface area contributed by atoms with Gasteiger partial charge in [0, 0.05) is 29.8 Å². The molecule has 0 bridgehead atoms. The number of carbonyl (C=O) groups excluding carboxylic acids is 1. The molecule has 1 N–H and O–H groups in total. The Hall–Kier alpha value is -1.24. The van der Waals surface area contributed by atoms with Crippen LogP contribution in [0.3, 0.4) is 0 Å². The number of phenolic OH excluding ortho intramolecular Hbond substituents is 1. The van der Waals surface area contributed by atoms with Gasteiger partial charge in [-0.1, -0.05) is 20.8 Å². The molecule has 2 fully saturated rings. The zero-order valence-corrected chi connectivity index (χ0v) is 18.3. The number of rotatable bonds is 4.